The van der Waals surface area contributed by atoms with Gasteiger partial charge in [0, 0.05) is 11.8 Å². The number of hydrogen-bond donors (Lipinski definition) is 0. The molecule has 2 unspecified atom stereocenters. The molecule has 0 radical (unpaired) electrons. The highest BCUT2D eigenvalue weighted by Crippen LogP contribution is 2.44. The van der Waals surface area contributed by atoms with E-state index in [0.717, 1.165) is 23.0 Å². The largest absolute Gasteiger partial charge is 0.497 e. The second-order valence-electron chi connectivity index (χ2n) is 7.79. The molecular formula is C28H24I2O4. The summed E-state index contributed by atoms with van der Waals surface area (Å²) in [5, 5.41) is 0. The SMILES string of the molecule is COc1ccc(C(c2ccc(OI)cc2)C(c2ccc(OC)cc2)c2ccc(OI)cc2)cc1. The van der Waals surface area contributed by atoms with E-state index in [0.29, 0.717) is 0 Å². The molecule has 0 aromatic heterocycles. The molecule has 4 nitrogen and oxygen atoms in total. The number of halogens is 2. The molecule has 0 aliphatic rings. The van der Waals surface area contributed by atoms with Gasteiger partial charge in [-0.15, -0.1) is 0 Å². The van der Waals surface area contributed by atoms with Gasteiger partial charge >= 0.3 is 0 Å². The van der Waals surface area contributed by atoms with Crippen molar-refractivity contribution in [1.82, 2.24) is 0 Å². The first-order valence-corrected chi connectivity index (χ1v) is 12.5. The molecule has 0 spiro atoms. The molecule has 0 fully saturated rings. The molecule has 0 amide bonds. The smallest absolute Gasteiger partial charge is 0.192 e. The number of ether oxygens (including phenoxy) is 2. The molecule has 0 aliphatic carbocycles. The molecule has 0 saturated carbocycles. The minimum absolute atomic E-state index is 0.0499. The Hall–Kier alpha value is -2.46. The standard InChI is InChI=1S/C28H24I2O4/c1-31-23-11-3-19(4-12-23)27(21-7-15-25(33-29)16-8-21)28(20-5-13-24(32-2)14-6-20)22-9-17-26(34-30)18-10-22/h3-18,27-28H,1-2H3. The van der Waals surface area contributed by atoms with Crippen LogP contribution in [0.25, 0.3) is 0 Å². The maximum Gasteiger partial charge on any atom is 0.192 e. The molecule has 174 valence electrons. The minimum atomic E-state index is 0.0499. The number of benzene rings is 4. The van der Waals surface area contributed by atoms with Crippen LogP contribution in [0.5, 0.6) is 23.0 Å². The van der Waals surface area contributed by atoms with E-state index in [9.17, 15) is 0 Å². The van der Waals surface area contributed by atoms with Crippen molar-refractivity contribution in [2.24, 2.45) is 0 Å². The maximum atomic E-state index is 5.42. The molecule has 0 bridgehead atoms. The summed E-state index contributed by atoms with van der Waals surface area (Å²) in [6.07, 6.45) is 0. The van der Waals surface area contributed by atoms with Crippen LogP contribution in [0.4, 0.5) is 0 Å². The predicted molar refractivity (Wildman–Crippen MR) is 152 cm³/mol. The van der Waals surface area contributed by atoms with Crippen molar-refractivity contribution >= 4 is 46.0 Å². The van der Waals surface area contributed by atoms with Crippen LogP contribution in [0.1, 0.15) is 34.1 Å². The average Bonchev–Trinajstić information content (AvgIpc) is 2.92. The van der Waals surface area contributed by atoms with Crippen LogP contribution >= 0.6 is 46.0 Å². The summed E-state index contributed by atoms with van der Waals surface area (Å²) in [5.74, 6) is 3.41. The van der Waals surface area contributed by atoms with Gasteiger partial charge in [-0.25, -0.2) is 0 Å². The third kappa shape index (κ3) is 5.60. The Morgan fingerprint density at radius 3 is 0.853 bits per heavy atom. The molecule has 6 heteroatoms. The van der Waals surface area contributed by atoms with E-state index < -0.39 is 0 Å². The lowest BCUT2D eigenvalue weighted by Crippen LogP contribution is -2.15. The zero-order valence-electron chi connectivity index (χ0n) is 18.8. The van der Waals surface area contributed by atoms with Crippen molar-refractivity contribution in [3.8, 4) is 23.0 Å². The van der Waals surface area contributed by atoms with Crippen molar-refractivity contribution in [1.29, 1.82) is 0 Å². The van der Waals surface area contributed by atoms with Crippen molar-refractivity contribution in [2.75, 3.05) is 14.2 Å². The van der Waals surface area contributed by atoms with Crippen LogP contribution in [-0.4, -0.2) is 14.2 Å². The molecule has 4 rings (SSSR count). The van der Waals surface area contributed by atoms with Gasteiger partial charge in [0.15, 0.2) is 46.0 Å². The Kier molecular flexibility index (Phi) is 8.55. The molecule has 34 heavy (non-hydrogen) atoms. The maximum absolute atomic E-state index is 5.42. The fourth-order valence-electron chi connectivity index (χ4n) is 4.23. The van der Waals surface area contributed by atoms with Crippen LogP contribution in [0.15, 0.2) is 97.1 Å². The summed E-state index contributed by atoms with van der Waals surface area (Å²) in [6.45, 7) is 0. The normalized spacial score (nSPS) is 12.5. The quantitative estimate of drug-likeness (QED) is 0.168. The molecule has 4 aromatic carbocycles. The number of methoxy groups -OCH3 is 2. The number of hydrogen-bond acceptors (Lipinski definition) is 4. The average molecular weight is 678 g/mol. The summed E-state index contributed by atoms with van der Waals surface area (Å²) in [4.78, 5) is 0. The highest BCUT2D eigenvalue weighted by molar-refractivity contribution is 14.1. The van der Waals surface area contributed by atoms with E-state index in [4.69, 9.17) is 15.6 Å². The lowest BCUT2D eigenvalue weighted by molar-refractivity contribution is 0.414. The molecule has 0 heterocycles. The summed E-state index contributed by atoms with van der Waals surface area (Å²) in [6, 6.07) is 33.2. The topological polar surface area (TPSA) is 36.9 Å². The fraction of sp³-hybridized carbons (Fsp3) is 0.143. The summed E-state index contributed by atoms with van der Waals surface area (Å²) in [7, 11) is 3.37. The van der Waals surface area contributed by atoms with E-state index in [-0.39, 0.29) is 11.8 Å². The van der Waals surface area contributed by atoms with Crippen LogP contribution in [0, 0.1) is 0 Å². The van der Waals surface area contributed by atoms with Crippen LogP contribution in [0.2, 0.25) is 0 Å². The van der Waals surface area contributed by atoms with Gasteiger partial charge in [0.05, 0.1) is 14.2 Å². The minimum Gasteiger partial charge on any atom is -0.497 e. The van der Waals surface area contributed by atoms with Crippen molar-refractivity contribution in [3.63, 3.8) is 0 Å². The third-order valence-electron chi connectivity index (χ3n) is 5.94. The Labute approximate surface area is 228 Å². The Balaban J connectivity index is 1.90. The van der Waals surface area contributed by atoms with Gasteiger partial charge < -0.3 is 15.6 Å². The lowest BCUT2D eigenvalue weighted by Gasteiger charge is -2.30. The van der Waals surface area contributed by atoms with E-state index in [2.05, 4.69) is 48.5 Å². The van der Waals surface area contributed by atoms with Crippen LogP contribution < -0.4 is 15.6 Å². The first-order chi connectivity index (χ1) is 16.7. The first-order valence-electron chi connectivity index (χ1n) is 10.7. The highest BCUT2D eigenvalue weighted by Gasteiger charge is 2.28. The van der Waals surface area contributed by atoms with E-state index in [1.54, 1.807) is 14.2 Å². The summed E-state index contributed by atoms with van der Waals surface area (Å²) in [5.41, 5.74) is 4.77. The Morgan fingerprint density at radius 1 is 0.412 bits per heavy atom. The first kappa shape index (κ1) is 24.7. The predicted octanol–water partition coefficient (Wildman–Crippen LogP) is 8.13. The van der Waals surface area contributed by atoms with Crippen molar-refractivity contribution in [3.05, 3.63) is 119 Å². The zero-order valence-corrected chi connectivity index (χ0v) is 23.1. The summed E-state index contributed by atoms with van der Waals surface area (Å²) >= 11 is 3.82. The third-order valence-corrected chi connectivity index (χ3v) is 6.96. The van der Waals surface area contributed by atoms with Crippen molar-refractivity contribution < 1.29 is 15.6 Å². The Morgan fingerprint density at radius 2 is 0.647 bits per heavy atom. The van der Waals surface area contributed by atoms with Crippen LogP contribution in [0.3, 0.4) is 0 Å². The monoisotopic (exact) mass is 678 g/mol. The molecule has 2 atom stereocenters. The van der Waals surface area contributed by atoms with Crippen molar-refractivity contribution in [2.45, 2.75) is 11.8 Å². The number of rotatable bonds is 9. The van der Waals surface area contributed by atoms with Gasteiger partial charge in [-0.1, -0.05) is 48.5 Å². The van der Waals surface area contributed by atoms with E-state index in [1.807, 2.05) is 94.5 Å². The summed E-state index contributed by atoms with van der Waals surface area (Å²) < 4.78 is 21.6. The second-order valence-corrected chi connectivity index (χ2v) is 8.67. The van der Waals surface area contributed by atoms with E-state index >= 15 is 0 Å². The molecule has 0 saturated heterocycles. The second kappa shape index (κ2) is 11.8. The molecule has 0 aliphatic heterocycles. The van der Waals surface area contributed by atoms with E-state index in [1.165, 1.54) is 22.3 Å². The van der Waals surface area contributed by atoms with Gasteiger partial charge in [-0.2, -0.15) is 0 Å². The van der Waals surface area contributed by atoms with Gasteiger partial charge in [-0.3, -0.25) is 0 Å². The molecular weight excluding hydrogens is 654 g/mol. The van der Waals surface area contributed by atoms with Gasteiger partial charge in [-0.05, 0) is 70.8 Å². The molecule has 4 aromatic rings. The zero-order chi connectivity index (χ0) is 23.9. The highest BCUT2D eigenvalue weighted by atomic mass is 127. The van der Waals surface area contributed by atoms with Gasteiger partial charge in [0.2, 0.25) is 0 Å². The Bertz CT molecular complexity index is 983. The van der Waals surface area contributed by atoms with Crippen LogP contribution in [-0.2, 0) is 0 Å². The fourth-order valence-corrected chi connectivity index (χ4v) is 4.82. The lowest BCUT2D eigenvalue weighted by atomic mass is 9.73. The molecule has 0 N–H and O–H groups in total. The van der Waals surface area contributed by atoms with Gasteiger partial charge in [0.1, 0.15) is 23.0 Å². The van der Waals surface area contributed by atoms with Gasteiger partial charge in [0.25, 0.3) is 0 Å².